The summed E-state index contributed by atoms with van der Waals surface area (Å²) in [6.45, 7) is 12.1. The highest BCUT2D eigenvalue weighted by Gasteiger charge is 2.32. The van der Waals surface area contributed by atoms with Crippen LogP contribution < -0.4 is 10.1 Å². The SMILES string of the molecule is Cc1sc2c(c1C)C(c1ccc(Cl)cc1)=N[C@@H](CC(=O)Nc1ccc(OC(C)(C)C)cc1)c1nnc(C)n1-2. The standard InChI is InChI=1S/C29H30ClN5O2S/c1-16-17(2)38-28-25(16)26(19-7-9-20(30)10-8-19)32-23(27-34-33-18(3)35(27)28)15-24(36)31-21-11-13-22(14-12-21)37-29(4,5)6/h7-14,23H,15H2,1-6H3,(H,31,36)/t23-/m0/s1. The van der Waals surface area contributed by atoms with Crippen LogP contribution in [0.5, 0.6) is 5.75 Å². The number of amides is 1. The van der Waals surface area contributed by atoms with Crippen molar-refractivity contribution in [2.75, 3.05) is 5.32 Å². The number of hydrogen-bond acceptors (Lipinski definition) is 6. The molecule has 0 aliphatic carbocycles. The number of ether oxygens (including phenoxy) is 1. The molecular formula is C29H30ClN5O2S. The fraction of sp³-hybridized carbons (Fsp3) is 0.310. The number of hydrogen-bond donors (Lipinski definition) is 1. The normalized spacial score (nSPS) is 14.8. The number of aryl methyl sites for hydroxylation is 2. The summed E-state index contributed by atoms with van der Waals surface area (Å²) in [7, 11) is 0. The number of nitrogens with one attached hydrogen (secondary N) is 1. The van der Waals surface area contributed by atoms with Crippen LogP contribution in [0.15, 0.2) is 53.5 Å². The zero-order valence-electron chi connectivity index (χ0n) is 22.3. The number of benzene rings is 2. The lowest BCUT2D eigenvalue weighted by atomic mass is 9.99. The van der Waals surface area contributed by atoms with Gasteiger partial charge in [0.15, 0.2) is 5.82 Å². The minimum absolute atomic E-state index is 0.114. The van der Waals surface area contributed by atoms with Crippen molar-refractivity contribution in [3.8, 4) is 10.8 Å². The average Bonchev–Trinajstić information content (AvgIpc) is 3.32. The highest BCUT2D eigenvalue weighted by Crippen LogP contribution is 2.39. The summed E-state index contributed by atoms with van der Waals surface area (Å²) >= 11 is 7.87. The molecule has 1 aliphatic rings. The minimum atomic E-state index is -0.523. The van der Waals surface area contributed by atoms with E-state index in [1.165, 1.54) is 4.88 Å². The van der Waals surface area contributed by atoms with Gasteiger partial charge in [-0.1, -0.05) is 23.7 Å². The quantitative estimate of drug-likeness (QED) is 0.291. The molecule has 9 heteroatoms. The third kappa shape index (κ3) is 5.24. The van der Waals surface area contributed by atoms with Crippen LogP contribution in [0.4, 0.5) is 5.69 Å². The molecule has 0 fully saturated rings. The fourth-order valence-electron chi connectivity index (χ4n) is 4.48. The Bertz CT molecular complexity index is 1530. The van der Waals surface area contributed by atoms with Gasteiger partial charge < -0.3 is 10.1 Å². The van der Waals surface area contributed by atoms with Crippen molar-refractivity contribution < 1.29 is 9.53 Å². The van der Waals surface area contributed by atoms with Crippen molar-refractivity contribution in [1.82, 2.24) is 14.8 Å². The van der Waals surface area contributed by atoms with E-state index in [4.69, 9.17) is 21.3 Å². The van der Waals surface area contributed by atoms with Crippen molar-refractivity contribution >= 4 is 40.2 Å². The molecule has 1 amide bonds. The van der Waals surface area contributed by atoms with Crippen LogP contribution in [0.2, 0.25) is 5.02 Å². The topological polar surface area (TPSA) is 81.4 Å². The minimum Gasteiger partial charge on any atom is -0.488 e. The van der Waals surface area contributed by atoms with E-state index in [1.54, 1.807) is 11.3 Å². The van der Waals surface area contributed by atoms with E-state index < -0.39 is 6.04 Å². The molecule has 1 N–H and O–H groups in total. The van der Waals surface area contributed by atoms with E-state index >= 15 is 0 Å². The van der Waals surface area contributed by atoms with Gasteiger partial charge in [-0.25, -0.2) is 0 Å². The van der Waals surface area contributed by atoms with Crippen molar-refractivity contribution in [2.24, 2.45) is 4.99 Å². The van der Waals surface area contributed by atoms with Gasteiger partial charge in [-0.05, 0) is 83.5 Å². The molecule has 3 heterocycles. The number of thiophene rings is 1. The number of anilines is 1. The second-order valence-electron chi connectivity index (χ2n) is 10.4. The summed E-state index contributed by atoms with van der Waals surface area (Å²) in [4.78, 5) is 19.6. The molecule has 196 valence electrons. The largest absolute Gasteiger partial charge is 0.488 e. The molecule has 0 bridgehead atoms. The van der Waals surface area contributed by atoms with E-state index in [-0.39, 0.29) is 17.9 Å². The number of carbonyl (C=O) groups excluding carboxylic acids is 1. The summed E-state index contributed by atoms with van der Waals surface area (Å²) in [5.41, 5.74) is 4.35. The molecule has 0 spiro atoms. The van der Waals surface area contributed by atoms with Gasteiger partial charge in [-0.2, -0.15) is 0 Å². The second-order valence-corrected chi connectivity index (χ2v) is 12.0. The van der Waals surface area contributed by atoms with Crippen LogP contribution in [0.3, 0.4) is 0 Å². The number of halogens is 1. The predicted molar refractivity (Wildman–Crippen MR) is 153 cm³/mol. The molecule has 0 saturated heterocycles. The van der Waals surface area contributed by atoms with E-state index in [2.05, 4.69) is 29.4 Å². The summed E-state index contributed by atoms with van der Waals surface area (Å²) in [6.07, 6.45) is 0.114. The van der Waals surface area contributed by atoms with Crippen LogP contribution in [0, 0.1) is 20.8 Å². The van der Waals surface area contributed by atoms with Gasteiger partial charge in [0.25, 0.3) is 0 Å². The van der Waals surface area contributed by atoms with Gasteiger partial charge in [-0.3, -0.25) is 14.4 Å². The fourth-order valence-corrected chi connectivity index (χ4v) is 5.82. The Kier molecular flexibility index (Phi) is 6.88. The maximum absolute atomic E-state index is 13.3. The number of aromatic nitrogens is 3. The third-order valence-corrected chi connectivity index (χ3v) is 7.74. The molecule has 2 aromatic carbocycles. The van der Waals surface area contributed by atoms with Gasteiger partial charge in [0.05, 0.1) is 12.1 Å². The maximum Gasteiger partial charge on any atom is 0.227 e. The maximum atomic E-state index is 13.3. The third-order valence-electron chi connectivity index (χ3n) is 6.30. The first kappa shape index (κ1) is 26.1. The number of fused-ring (bicyclic) bond motifs is 3. The molecule has 7 nitrogen and oxygen atoms in total. The van der Waals surface area contributed by atoms with Crippen LogP contribution in [-0.2, 0) is 4.79 Å². The zero-order chi connectivity index (χ0) is 27.2. The Morgan fingerprint density at radius 1 is 1.05 bits per heavy atom. The molecule has 4 aromatic rings. The van der Waals surface area contributed by atoms with Crippen molar-refractivity contribution in [3.05, 3.63) is 86.8 Å². The zero-order valence-corrected chi connectivity index (χ0v) is 23.9. The van der Waals surface area contributed by atoms with Crippen molar-refractivity contribution in [3.63, 3.8) is 0 Å². The number of aliphatic imine (C=N–C) groups is 1. The monoisotopic (exact) mass is 547 g/mol. The van der Waals surface area contributed by atoms with Crippen LogP contribution in [0.25, 0.3) is 5.00 Å². The van der Waals surface area contributed by atoms with Crippen molar-refractivity contribution in [2.45, 2.75) is 59.6 Å². The van der Waals surface area contributed by atoms with Crippen LogP contribution >= 0.6 is 22.9 Å². The first-order valence-corrected chi connectivity index (χ1v) is 13.6. The Morgan fingerprint density at radius 3 is 2.39 bits per heavy atom. The summed E-state index contributed by atoms with van der Waals surface area (Å²) in [5, 5.41) is 13.5. The summed E-state index contributed by atoms with van der Waals surface area (Å²) in [6, 6.07) is 14.5. The lowest BCUT2D eigenvalue weighted by molar-refractivity contribution is -0.116. The van der Waals surface area contributed by atoms with Gasteiger partial charge in [-0.15, -0.1) is 21.5 Å². The Balaban J connectivity index is 1.50. The second kappa shape index (κ2) is 10.0. The van der Waals surface area contributed by atoms with Crippen LogP contribution in [0.1, 0.15) is 66.5 Å². The van der Waals surface area contributed by atoms with Gasteiger partial charge in [0, 0.05) is 26.7 Å². The molecule has 1 aliphatic heterocycles. The van der Waals surface area contributed by atoms with Crippen molar-refractivity contribution in [1.29, 1.82) is 0 Å². The highest BCUT2D eigenvalue weighted by atomic mass is 35.5. The Labute approximate surface area is 231 Å². The smallest absolute Gasteiger partial charge is 0.227 e. The molecule has 0 unspecified atom stereocenters. The van der Waals surface area contributed by atoms with E-state index in [1.807, 2.05) is 80.8 Å². The molecule has 5 rings (SSSR count). The average molecular weight is 548 g/mol. The van der Waals surface area contributed by atoms with Gasteiger partial charge in [0.2, 0.25) is 5.91 Å². The van der Waals surface area contributed by atoms with Crippen LogP contribution in [-0.4, -0.2) is 32.0 Å². The lowest BCUT2D eigenvalue weighted by Gasteiger charge is -2.21. The first-order chi connectivity index (χ1) is 18.0. The van der Waals surface area contributed by atoms with Gasteiger partial charge in [0.1, 0.15) is 28.2 Å². The Morgan fingerprint density at radius 2 is 1.74 bits per heavy atom. The molecular weight excluding hydrogens is 518 g/mol. The number of nitrogens with zero attached hydrogens (tertiary/aromatic N) is 4. The molecule has 0 radical (unpaired) electrons. The molecule has 38 heavy (non-hydrogen) atoms. The lowest BCUT2D eigenvalue weighted by Crippen LogP contribution is -2.22. The molecule has 0 saturated carbocycles. The highest BCUT2D eigenvalue weighted by molar-refractivity contribution is 7.15. The molecule has 2 aromatic heterocycles. The van der Waals surface area contributed by atoms with E-state index in [9.17, 15) is 4.79 Å². The number of carbonyl (C=O) groups is 1. The van der Waals surface area contributed by atoms with Gasteiger partial charge >= 0.3 is 0 Å². The molecule has 1 atom stereocenters. The predicted octanol–water partition coefficient (Wildman–Crippen LogP) is 7.01. The Hall–Kier alpha value is -3.49. The first-order valence-electron chi connectivity index (χ1n) is 12.5. The number of rotatable bonds is 5. The summed E-state index contributed by atoms with van der Waals surface area (Å²) in [5.74, 6) is 1.99. The van der Waals surface area contributed by atoms with E-state index in [0.29, 0.717) is 16.5 Å². The summed E-state index contributed by atoms with van der Waals surface area (Å²) < 4.78 is 7.93. The van der Waals surface area contributed by atoms with E-state index in [0.717, 1.165) is 39.0 Å².